The summed E-state index contributed by atoms with van der Waals surface area (Å²) in [6, 6.07) is 0. The van der Waals surface area contributed by atoms with Crippen molar-refractivity contribution in [2.45, 2.75) is 44.3 Å². The predicted molar refractivity (Wildman–Crippen MR) is 58.0 cm³/mol. The van der Waals surface area contributed by atoms with Crippen LogP contribution in [0.25, 0.3) is 0 Å². The summed E-state index contributed by atoms with van der Waals surface area (Å²) in [5.41, 5.74) is 1.92. The molecule has 2 atom stereocenters. The topological polar surface area (TPSA) is 40.5 Å². The number of allylic oxidation sites excluding steroid dienone is 4. The van der Waals surface area contributed by atoms with E-state index in [0.29, 0.717) is 24.2 Å². The van der Waals surface area contributed by atoms with Crippen molar-refractivity contribution < 1.29 is 10.2 Å². The minimum Gasteiger partial charge on any atom is -0.366 e. The zero-order valence-electron chi connectivity index (χ0n) is 8.95. The SMILES string of the molecule is OC1(O)CCC2(C3=CC=CCC3)CC2C1. The molecule has 2 unspecified atom stereocenters. The molecular weight excluding hydrogens is 188 g/mol. The van der Waals surface area contributed by atoms with Gasteiger partial charge in [0.2, 0.25) is 0 Å². The van der Waals surface area contributed by atoms with Gasteiger partial charge < -0.3 is 10.2 Å². The monoisotopic (exact) mass is 206 g/mol. The zero-order valence-corrected chi connectivity index (χ0v) is 8.95. The van der Waals surface area contributed by atoms with E-state index < -0.39 is 5.79 Å². The Balaban J connectivity index is 1.80. The average Bonchev–Trinajstić information content (AvgIpc) is 2.92. The Morgan fingerprint density at radius 2 is 2.07 bits per heavy atom. The van der Waals surface area contributed by atoms with Crippen LogP contribution in [0.3, 0.4) is 0 Å². The first-order chi connectivity index (χ1) is 7.12. The van der Waals surface area contributed by atoms with Gasteiger partial charge in [0.25, 0.3) is 0 Å². The standard InChI is InChI=1S/C13H18O2/c14-13(15)7-6-12(8-11(12)9-13)10-4-2-1-3-5-10/h1-2,4,11,14-15H,3,5-9H2. The summed E-state index contributed by atoms with van der Waals surface area (Å²) in [7, 11) is 0. The van der Waals surface area contributed by atoms with Crippen LogP contribution in [0.5, 0.6) is 0 Å². The smallest absolute Gasteiger partial charge is 0.162 e. The van der Waals surface area contributed by atoms with Gasteiger partial charge in [0.05, 0.1) is 0 Å². The molecule has 0 amide bonds. The van der Waals surface area contributed by atoms with Gasteiger partial charge in [-0.15, -0.1) is 0 Å². The average molecular weight is 206 g/mol. The van der Waals surface area contributed by atoms with Crippen molar-refractivity contribution in [1.82, 2.24) is 0 Å². The van der Waals surface area contributed by atoms with Crippen molar-refractivity contribution >= 4 is 0 Å². The van der Waals surface area contributed by atoms with Crippen LogP contribution in [0.2, 0.25) is 0 Å². The van der Waals surface area contributed by atoms with Crippen LogP contribution in [0.15, 0.2) is 23.8 Å². The highest BCUT2D eigenvalue weighted by Crippen LogP contribution is 2.67. The van der Waals surface area contributed by atoms with Crippen molar-refractivity contribution in [2.24, 2.45) is 11.3 Å². The number of fused-ring (bicyclic) bond motifs is 1. The van der Waals surface area contributed by atoms with E-state index in [0.717, 1.165) is 12.8 Å². The van der Waals surface area contributed by atoms with Crippen molar-refractivity contribution in [3.05, 3.63) is 23.8 Å². The molecule has 0 aliphatic heterocycles. The van der Waals surface area contributed by atoms with Crippen LogP contribution in [-0.4, -0.2) is 16.0 Å². The maximum absolute atomic E-state index is 9.61. The third-order valence-electron chi connectivity index (χ3n) is 4.43. The maximum atomic E-state index is 9.61. The van der Waals surface area contributed by atoms with Crippen molar-refractivity contribution in [3.63, 3.8) is 0 Å². The molecule has 0 aromatic carbocycles. The van der Waals surface area contributed by atoms with E-state index in [-0.39, 0.29) is 0 Å². The lowest BCUT2D eigenvalue weighted by atomic mass is 9.77. The third kappa shape index (κ3) is 1.47. The van der Waals surface area contributed by atoms with Crippen molar-refractivity contribution in [3.8, 4) is 0 Å². The lowest BCUT2D eigenvalue weighted by molar-refractivity contribution is -0.186. The Kier molecular flexibility index (Phi) is 1.89. The highest BCUT2D eigenvalue weighted by Gasteiger charge is 2.60. The van der Waals surface area contributed by atoms with Gasteiger partial charge in [-0.05, 0) is 37.0 Å². The van der Waals surface area contributed by atoms with Gasteiger partial charge in [-0.3, -0.25) is 0 Å². The van der Waals surface area contributed by atoms with E-state index in [4.69, 9.17) is 0 Å². The summed E-state index contributed by atoms with van der Waals surface area (Å²) in [5.74, 6) is -0.852. The Bertz CT molecular complexity index is 340. The molecule has 2 saturated carbocycles. The second kappa shape index (κ2) is 2.96. The Morgan fingerprint density at radius 3 is 2.73 bits per heavy atom. The van der Waals surface area contributed by atoms with E-state index in [2.05, 4.69) is 18.2 Å². The molecule has 0 bridgehead atoms. The molecule has 2 heteroatoms. The van der Waals surface area contributed by atoms with E-state index in [1.165, 1.54) is 12.8 Å². The van der Waals surface area contributed by atoms with Gasteiger partial charge in [-0.25, -0.2) is 0 Å². The normalized spacial score (nSPS) is 42.0. The second-order valence-electron chi connectivity index (χ2n) is 5.40. The first-order valence-electron chi connectivity index (χ1n) is 5.93. The first kappa shape index (κ1) is 9.61. The quantitative estimate of drug-likeness (QED) is 0.645. The fraction of sp³-hybridized carbons (Fsp3) is 0.692. The molecule has 3 rings (SSSR count). The van der Waals surface area contributed by atoms with E-state index in [9.17, 15) is 10.2 Å². The fourth-order valence-corrected chi connectivity index (χ4v) is 3.45. The van der Waals surface area contributed by atoms with Crippen molar-refractivity contribution in [2.75, 3.05) is 0 Å². The Morgan fingerprint density at radius 1 is 1.20 bits per heavy atom. The molecule has 2 nitrogen and oxygen atoms in total. The molecule has 0 spiro atoms. The van der Waals surface area contributed by atoms with Crippen LogP contribution in [0.1, 0.15) is 38.5 Å². The van der Waals surface area contributed by atoms with E-state index in [1.54, 1.807) is 5.57 Å². The summed E-state index contributed by atoms with van der Waals surface area (Å²) in [4.78, 5) is 0. The number of hydrogen-bond donors (Lipinski definition) is 2. The molecule has 2 fully saturated rings. The molecular formula is C13H18O2. The van der Waals surface area contributed by atoms with Gasteiger partial charge in [0.1, 0.15) is 0 Å². The highest BCUT2D eigenvalue weighted by molar-refractivity contribution is 5.32. The molecule has 0 radical (unpaired) electrons. The minimum absolute atomic E-state index is 0.361. The predicted octanol–water partition coefficient (Wildman–Crippen LogP) is 2.13. The van der Waals surface area contributed by atoms with Crippen LogP contribution in [0.4, 0.5) is 0 Å². The zero-order chi connectivity index (χ0) is 10.5. The molecule has 3 aliphatic rings. The van der Waals surface area contributed by atoms with E-state index >= 15 is 0 Å². The maximum Gasteiger partial charge on any atom is 0.162 e. The van der Waals surface area contributed by atoms with Crippen LogP contribution >= 0.6 is 0 Å². The lowest BCUT2D eigenvalue weighted by Gasteiger charge is -2.33. The third-order valence-corrected chi connectivity index (χ3v) is 4.43. The van der Waals surface area contributed by atoms with Crippen LogP contribution < -0.4 is 0 Å². The van der Waals surface area contributed by atoms with Gasteiger partial charge in [-0.2, -0.15) is 0 Å². The molecule has 0 heterocycles. The molecule has 15 heavy (non-hydrogen) atoms. The van der Waals surface area contributed by atoms with E-state index in [1.807, 2.05) is 0 Å². The summed E-state index contributed by atoms with van der Waals surface area (Å²) >= 11 is 0. The summed E-state index contributed by atoms with van der Waals surface area (Å²) in [6.45, 7) is 0. The molecule has 0 aromatic heterocycles. The van der Waals surface area contributed by atoms with Gasteiger partial charge in [0.15, 0.2) is 5.79 Å². The molecule has 3 aliphatic carbocycles. The van der Waals surface area contributed by atoms with Crippen molar-refractivity contribution in [1.29, 1.82) is 0 Å². The fourth-order valence-electron chi connectivity index (χ4n) is 3.45. The highest BCUT2D eigenvalue weighted by atomic mass is 16.5. The number of rotatable bonds is 1. The molecule has 82 valence electrons. The molecule has 0 saturated heterocycles. The number of aliphatic hydroxyl groups is 2. The number of hydrogen-bond acceptors (Lipinski definition) is 2. The lowest BCUT2D eigenvalue weighted by Crippen LogP contribution is -2.34. The summed E-state index contributed by atoms with van der Waals surface area (Å²) in [6.07, 6.45) is 12.2. The van der Waals surface area contributed by atoms with Crippen LogP contribution in [0, 0.1) is 11.3 Å². The largest absolute Gasteiger partial charge is 0.366 e. The molecule has 2 N–H and O–H groups in total. The first-order valence-corrected chi connectivity index (χ1v) is 5.93. The second-order valence-corrected chi connectivity index (χ2v) is 5.40. The summed E-state index contributed by atoms with van der Waals surface area (Å²) < 4.78 is 0. The Labute approximate surface area is 90.3 Å². The van der Waals surface area contributed by atoms with Gasteiger partial charge in [0, 0.05) is 12.8 Å². The van der Waals surface area contributed by atoms with Gasteiger partial charge >= 0.3 is 0 Å². The van der Waals surface area contributed by atoms with Gasteiger partial charge in [-0.1, -0.05) is 23.8 Å². The van der Waals surface area contributed by atoms with Crippen LogP contribution in [-0.2, 0) is 0 Å². The minimum atomic E-state index is -1.38. The Hall–Kier alpha value is -0.600. The summed E-state index contributed by atoms with van der Waals surface area (Å²) in [5, 5.41) is 19.2. The molecule has 0 aromatic rings.